The van der Waals surface area contributed by atoms with E-state index in [9.17, 15) is 9.59 Å². The van der Waals surface area contributed by atoms with Gasteiger partial charge in [0.2, 0.25) is 0 Å². The van der Waals surface area contributed by atoms with Crippen molar-refractivity contribution in [1.82, 2.24) is 0 Å². The topological polar surface area (TPSA) is 59.8 Å². The van der Waals surface area contributed by atoms with Crippen LogP contribution in [0.3, 0.4) is 0 Å². The van der Waals surface area contributed by atoms with E-state index in [1.54, 1.807) is 0 Å². The largest absolute Gasteiger partial charge is 0.461 e. The normalized spacial score (nSPS) is 10.8. The Balaban J connectivity index is 1.93. The summed E-state index contributed by atoms with van der Waals surface area (Å²) < 4.78 is 10.6. The molecule has 0 aliphatic heterocycles. The zero-order chi connectivity index (χ0) is 19.4. The standard InChI is InChI=1S/C22H23NO4/c1-4-23(5-2)19-11-10-18-12-20(22(25)27-21(18)13-19)17-8-6-16(7-9-17)14-26-15(3)24/h6-13H,4-5,14H2,1-3H3. The van der Waals surface area contributed by atoms with Crippen LogP contribution in [0.25, 0.3) is 22.1 Å². The molecule has 0 aliphatic carbocycles. The lowest BCUT2D eigenvalue weighted by molar-refractivity contribution is -0.142. The third-order valence-electron chi connectivity index (χ3n) is 4.56. The van der Waals surface area contributed by atoms with Crippen molar-refractivity contribution >= 4 is 22.6 Å². The van der Waals surface area contributed by atoms with E-state index in [0.717, 1.165) is 35.3 Å². The number of esters is 1. The second-order valence-electron chi connectivity index (χ2n) is 6.32. The van der Waals surface area contributed by atoms with E-state index in [0.29, 0.717) is 11.1 Å². The van der Waals surface area contributed by atoms with E-state index in [-0.39, 0.29) is 18.2 Å². The number of carbonyl (C=O) groups excluding carboxylic acids is 1. The highest BCUT2D eigenvalue weighted by atomic mass is 16.5. The second-order valence-corrected chi connectivity index (χ2v) is 6.32. The molecule has 0 atom stereocenters. The molecule has 0 saturated carbocycles. The van der Waals surface area contributed by atoms with E-state index >= 15 is 0 Å². The lowest BCUT2D eigenvalue weighted by Gasteiger charge is -2.21. The number of rotatable bonds is 6. The summed E-state index contributed by atoms with van der Waals surface area (Å²) in [6.45, 7) is 7.57. The average molecular weight is 365 g/mol. The molecule has 5 heteroatoms. The first-order valence-corrected chi connectivity index (χ1v) is 9.07. The molecule has 0 unspecified atom stereocenters. The van der Waals surface area contributed by atoms with Crippen LogP contribution in [0.1, 0.15) is 26.3 Å². The van der Waals surface area contributed by atoms with Crippen molar-refractivity contribution in [3.05, 3.63) is 64.5 Å². The van der Waals surface area contributed by atoms with Gasteiger partial charge in [-0.25, -0.2) is 4.79 Å². The molecule has 0 bridgehead atoms. The minimum absolute atomic E-state index is 0.218. The summed E-state index contributed by atoms with van der Waals surface area (Å²) in [7, 11) is 0. The molecule has 27 heavy (non-hydrogen) atoms. The average Bonchev–Trinajstić information content (AvgIpc) is 2.67. The van der Waals surface area contributed by atoms with Gasteiger partial charge >= 0.3 is 11.6 Å². The molecule has 0 radical (unpaired) electrons. The van der Waals surface area contributed by atoms with E-state index in [1.165, 1.54) is 6.92 Å². The van der Waals surface area contributed by atoms with Gasteiger partial charge in [0.05, 0.1) is 5.56 Å². The van der Waals surface area contributed by atoms with Crippen LogP contribution in [0.2, 0.25) is 0 Å². The molecule has 0 N–H and O–H groups in total. The van der Waals surface area contributed by atoms with Gasteiger partial charge in [0.15, 0.2) is 0 Å². The zero-order valence-electron chi connectivity index (χ0n) is 15.8. The Labute approximate surface area is 158 Å². The highest BCUT2D eigenvalue weighted by Crippen LogP contribution is 2.25. The monoisotopic (exact) mass is 365 g/mol. The van der Waals surface area contributed by atoms with Crippen LogP contribution in [-0.4, -0.2) is 19.1 Å². The van der Waals surface area contributed by atoms with Gasteiger partial charge in [-0.1, -0.05) is 24.3 Å². The molecule has 1 aromatic heterocycles. The molecule has 5 nitrogen and oxygen atoms in total. The second kappa shape index (κ2) is 8.08. The van der Waals surface area contributed by atoms with Gasteiger partial charge in [0.1, 0.15) is 12.2 Å². The van der Waals surface area contributed by atoms with Gasteiger partial charge in [-0.2, -0.15) is 0 Å². The minimum Gasteiger partial charge on any atom is -0.461 e. The fourth-order valence-corrected chi connectivity index (χ4v) is 3.05. The van der Waals surface area contributed by atoms with Crippen LogP contribution in [0.5, 0.6) is 0 Å². The third kappa shape index (κ3) is 4.19. The smallest absolute Gasteiger partial charge is 0.344 e. The van der Waals surface area contributed by atoms with Crippen LogP contribution in [0.15, 0.2) is 57.7 Å². The summed E-state index contributed by atoms with van der Waals surface area (Å²) in [5.74, 6) is -0.321. The number of benzene rings is 2. The summed E-state index contributed by atoms with van der Waals surface area (Å²) in [6.07, 6.45) is 0. The van der Waals surface area contributed by atoms with E-state index in [1.807, 2.05) is 48.5 Å². The first-order chi connectivity index (χ1) is 13.0. The fraction of sp³-hybridized carbons (Fsp3) is 0.273. The number of anilines is 1. The predicted octanol–water partition coefficient (Wildman–Crippen LogP) is 4.37. The van der Waals surface area contributed by atoms with E-state index in [4.69, 9.17) is 9.15 Å². The molecule has 0 spiro atoms. The summed E-state index contributed by atoms with van der Waals surface area (Å²) in [5.41, 5.74) is 3.40. The van der Waals surface area contributed by atoms with Gasteiger partial charge in [-0.15, -0.1) is 0 Å². The van der Waals surface area contributed by atoms with Crippen LogP contribution < -0.4 is 10.5 Å². The van der Waals surface area contributed by atoms with Crippen molar-refractivity contribution in [3.63, 3.8) is 0 Å². The lowest BCUT2D eigenvalue weighted by Crippen LogP contribution is -2.21. The molecule has 1 heterocycles. The number of fused-ring (bicyclic) bond motifs is 1. The summed E-state index contributed by atoms with van der Waals surface area (Å²) in [5, 5.41) is 0.879. The maximum absolute atomic E-state index is 12.5. The fourth-order valence-electron chi connectivity index (χ4n) is 3.05. The van der Waals surface area contributed by atoms with Gasteiger partial charge in [-0.3, -0.25) is 4.79 Å². The molecule has 3 aromatic rings. The molecule has 2 aromatic carbocycles. The lowest BCUT2D eigenvalue weighted by atomic mass is 10.0. The highest BCUT2D eigenvalue weighted by Gasteiger charge is 2.10. The Bertz CT molecular complexity index is 1000. The molecule has 0 aliphatic rings. The van der Waals surface area contributed by atoms with Crippen molar-refractivity contribution in [2.45, 2.75) is 27.4 Å². The Morgan fingerprint density at radius 3 is 2.37 bits per heavy atom. The SMILES string of the molecule is CCN(CC)c1ccc2cc(-c3ccc(COC(C)=O)cc3)c(=O)oc2c1. The molecule has 140 valence electrons. The number of carbonyl (C=O) groups is 1. The third-order valence-corrected chi connectivity index (χ3v) is 4.56. The van der Waals surface area contributed by atoms with Crippen molar-refractivity contribution in [1.29, 1.82) is 0 Å². The molecular formula is C22H23NO4. The summed E-state index contributed by atoms with van der Waals surface area (Å²) >= 11 is 0. The molecular weight excluding hydrogens is 342 g/mol. The number of hydrogen-bond donors (Lipinski definition) is 0. The van der Waals surface area contributed by atoms with E-state index < -0.39 is 0 Å². The first kappa shape index (κ1) is 18.7. The van der Waals surface area contributed by atoms with Crippen molar-refractivity contribution in [2.75, 3.05) is 18.0 Å². The van der Waals surface area contributed by atoms with E-state index in [2.05, 4.69) is 18.7 Å². The van der Waals surface area contributed by atoms with Crippen LogP contribution >= 0.6 is 0 Å². The van der Waals surface area contributed by atoms with Crippen molar-refractivity contribution < 1.29 is 13.9 Å². The Morgan fingerprint density at radius 1 is 1.04 bits per heavy atom. The molecule has 0 fully saturated rings. The molecule has 0 amide bonds. The maximum atomic E-state index is 12.5. The first-order valence-electron chi connectivity index (χ1n) is 9.07. The summed E-state index contributed by atoms with van der Waals surface area (Å²) in [6, 6.07) is 15.1. The van der Waals surface area contributed by atoms with Crippen molar-refractivity contribution in [2.24, 2.45) is 0 Å². The predicted molar refractivity (Wildman–Crippen MR) is 107 cm³/mol. The number of hydrogen-bond acceptors (Lipinski definition) is 5. The van der Waals surface area contributed by atoms with Gasteiger partial charge in [0, 0.05) is 37.2 Å². The van der Waals surface area contributed by atoms with Crippen LogP contribution in [-0.2, 0) is 16.1 Å². The van der Waals surface area contributed by atoms with Gasteiger partial charge in [0.25, 0.3) is 0 Å². The van der Waals surface area contributed by atoms with Gasteiger partial charge < -0.3 is 14.1 Å². The van der Waals surface area contributed by atoms with Crippen LogP contribution in [0, 0.1) is 0 Å². The highest BCUT2D eigenvalue weighted by molar-refractivity contribution is 5.84. The van der Waals surface area contributed by atoms with Gasteiger partial charge in [-0.05, 0) is 43.2 Å². The zero-order valence-corrected chi connectivity index (χ0v) is 15.8. The Kier molecular flexibility index (Phi) is 5.60. The maximum Gasteiger partial charge on any atom is 0.344 e. The Morgan fingerprint density at radius 2 is 1.74 bits per heavy atom. The molecule has 3 rings (SSSR count). The van der Waals surface area contributed by atoms with Crippen LogP contribution in [0.4, 0.5) is 5.69 Å². The van der Waals surface area contributed by atoms with Crippen molar-refractivity contribution in [3.8, 4) is 11.1 Å². The number of nitrogens with zero attached hydrogens (tertiary/aromatic N) is 1. The number of ether oxygens (including phenoxy) is 1. The Hall–Kier alpha value is -3.08. The quantitative estimate of drug-likeness (QED) is 0.479. The molecule has 0 saturated heterocycles. The minimum atomic E-state index is -0.369. The summed E-state index contributed by atoms with van der Waals surface area (Å²) in [4.78, 5) is 25.6.